The topological polar surface area (TPSA) is 73.4 Å². The van der Waals surface area contributed by atoms with Crippen LogP contribution in [0, 0.1) is 5.92 Å². The Labute approximate surface area is 166 Å². The first-order chi connectivity index (χ1) is 13.6. The summed E-state index contributed by atoms with van der Waals surface area (Å²) in [4.78, 5) is 16.5. The number of hydrogen-bond donors (Lipinski definition) is 2. The van der Waals surface area contributed by atoms with Gasteiger partial charge in [0.25, 0.3) is 0 Å². The number of carbonyl (C=O) groups is 1. The van der Waals surface area contributed by atoms with Crippen molar-refractivity contribution in [2.24, 2.45) is 5.92 Å². The number of aromatic nitrogens is 2. The fraction of sp³-hybridized carbons (Fsp3) is 0.476. The molecule has 148 valence electrons. The average Bonchev–Trinajstić information content (AvgIpc) is 3.53. The van der Waals surface area contributed by atoms with E-state index < -0.39 is 0 Å². The second-order valence-corrected chi connectivity index (χ2v) is 7.89. The van der Waals surface area contributed by atoms with Crippen molar-refractivity contribution < 1.29 is 4.79 Å². The summed E-state index contributed by atoms with van der Waals surface area (Å²) in [5, 5.41) is 15.1. The summed E-state index contributed by atoms with van der Waals surface area (Å²) in [7, 11) is 4.04. The molecule has 0 bridgehead atoms. The lowest BCUT2D eigenvalue weighted by Crippen LogP contribution is -2.41. The van der Waals surface area contributed by atoms with Crippen molar-refractivity contribution in [3.05, 3.63) is 36.4 Å². The molecule has 0 spiro atoms. The zero-order valence-electron chi connectivity index (χ0n) is 16.6. The van der Waals surface area contributed by atoms with Gasteiger partial charge in [-0.2, -0.15) is 0 Å². The number of benzene rings is 1. The molecule has 1 saturated carbocycles. The molecule has 0 radical (unpaired) electrons. The van der Waals surface area contributed by atoms with Crippen LogP contribution in [0.1, 0.15) is 25.7 Å². The maximum atomic E-state index is 12.2. The van der Waals surface area contributed by atoms with Crippen molar-refractivity contribution in [1.82, 2.24) is 15.5 Å². The van der Waals surface area contributed by atoms with Gasteiger partial charge in [-0.1, -0.05) is 6.07 Å². The van der Waals surface area contributed by atoms with Gasteiger partial charge in [-0.3, -0.25) is 4.79 Å². The van der Waals surface area contributed by atoms with Crippen molar-refractivity contribution in [3.8, 4) is 0 Å². The van der Waals surface area contributed by atoms with Crippen molar-refractivity contribution >= 4 is 28.9 Å². The van der Waals surface area contributed by atoms with E-state index in [1.165, 1.54) is 0 Å². The first-order valence-electron chi connectivity index (χ1n) is 10.0. The summed E-state index contributed by atoms with van der Waals surface area (Å²) in [6, 6.07) is 12.6. The predicted molar refractivity (Wildman–Crippen MR) is 112 cm³/mol. The lowest BCUT2D eigenvalue weighted by molar-refractivity contribution is -0.125. The molecular formula is C21H28N6O. The third-order valence-electron chi connectivity index (χ3n) is 5.40. The Balaban J connectivity index is 1.32. The molecule has 1 aromatic carbocycles. The van der Waals surface area contributed by atoms with Crippen LogP contribution in [-0.4, -0.2) is 49.3 Å². The fourth-order valence-electron chi connectivity index (χ4n) is 3.49. The van der Waals surface area contributed by atoms with Crippen molar-refractivity contribution in [3.63, 3.8) is 0 Å². The van der Waals surface area contributed by atoms with Gasteiger partial charge in [0, 0.05) is 50.5 Å². The van der Waals surface area contributed by atoms with Crippen LogP contribution < -0.4 is 20.4 Å². The van der Waals surface area contributed by atoms with E-state index in [1.807, 2.05) is 38.4 Å². The smallest absolute Gasteiger partial charge is 0.223 e. The van der Waals surface area contributed by atoms with Gasteiger partial charge in [-0.15, -0.1) is 10.2 Å². The molecule has 2 aliphatic rings. The summed E-state index contributed by atoms with van der Waals surface area (Å²) in [6.45, 7) is 1.68. The monoisotopic (exact) mass is 380 g/mol. The maximum absolute atomic E-state index is 12.2. The van der Waals surface area contributed by atoms with E-state index in [0.29, 0.717) is 6.04 Å². The number of nitrogens with zero attached hydrogens (tertiary/aromatic N) is 4. The molecule has 2 heterocycles. The Bertz CT molecular complexity index is 810. The minimum absolute atomic E-state index is 0.134. The SMILES string of the molecule is CN(C)c1cccc(Nc2ccc(N3CCC(C(=O)NC4CC4)CC3)nn2)c1. The molecule has 4 rings (SSSR count). The standard InChI is InChI=1S/C21H28N6O/c1-26(2)18-5-3-4-17(14-18)22-19-8-9-20(25-24-19)27-12-10-15(11-13-27)21(28)23-16-6-7-16/h3-5,8-9,14-16H,6-7,10-13H2,1-2H3,(H,22,24)(H,23,28). The molecule has 28 heavy (non-hydrogen) atoms. The number of anilines is 4. The highest BCUT2D eigenvalue weighted by atomic mass is 16.2. The molecule has 1 aliphatic carbocycles. The van der Waals surface area contributed by atoms with E-state index >= 15 is 0 Å². The zero-order chi connectivity index (χ0) is 19.5. The molecule has 0 unspecified atom stereocenters. The molecule has 1 aromatic heterocycles. The van der Waals surface area contributed by atoms with Crippen molar-refractivity contribution in [2.75, 3.05) is 42.3 Å². The van der Waals surface area contributed by atoms with Crippen molar-refractivity contribution in [2.45, 2.75) is 31.7 Å². The Kier molecular flexibility index (Phi) is 5.32. The lowest BCUT2D eigenvalue weighted by atomic mass is 9.96. The van der Waals surface area contributed by atoms with Gasteiger partial charge in [0.15, 0.2) is 11.6 Å². The van der Waals surface area contributed by atoms with E-state index in [1.54, 1.807) is 0 Å². The molecule has 7 nitrogen and oxygen atoms in total. The largest absolute Gasteiger partial charge is 0.378 e. The van der Waals surface area contributed by atoms with Gasteiger partial charge < -0.3 is 20.4 Å². The van der Waals surface area contributed by atoms with Gasteiger partial charge in [0.05, 0.1) is 0 Å². The number of rotatable bonds is 6. The van der Waals surface area contributed by atoms with Crippen LogP contribution >= 0.6 is 0 Å². The minimum atomic E-state index is 0.134. The second kappa shape index (κ2) is 8.04. The number of nitrogens with one attached hydrogen (secondary N) is 2. The summed E-state index contributed by atoms with van der Waals surface area (Å²) in [5.74, 6) is 1.95. The summed E-state index contributed by atoms with van der Waals surface area (Å²) in [5.41, 5.74) is 2.11. The molecule has 2 aromatic rings. The molecule has 2 fully saturated rings. The minimum Gasteiger partial charge on any atom is -0.378 e. The highest BCUT2D eigenvalue weighted by molar-refractivity contribution is 5.79. The van der Waals surface area contributed by atoms with Crippen LogP contribution in [0.3, 0.4) is 0 Å². The quantitative estimate of drug-likeness (QED) is 0.803. The Morgan fingerprint density at radius 2 is 1.86 bits per heavy atom. The van der Waals surface area contributed by atoms with E-state index in [0.717, 1.165) is 61.8 Å². The van der Waals surface area contributed by atoms with Gasteiger partial charge >= 0.3 is 0 Å². The van der Waals surface area contributed by atoms with Gasteiger partial charge in [-0.25, -0.2) is 0 Å². The number of piperidine rings is 1. The normalized spacial score (nSPS) is 17.3. The first kappa shape index (κ1) is 18.5. The Hall–Kier alpha value is -2.83. The Morgan fingerprint density at radius 1 is 1.07 bits per heavy atom. The summed E-state index contributed by atoms with van der Waals surface area (Å²) < 4.78 is 0. The van der Waals surface area contributed by atoms with Gasteiger partial charge in [0.2, 0.25) is 5.91 Å². The zero-order valence-corrected chi connectivity index (χ0v) is 16.6. The molecule has 7 heteroatoms. The Morgan fingerprint density at radius 3 is 2.50 bits per heavy atom. The van der Waals surface area contributed by atoms with Crippen LogP contribution in [0.4, 0.5) is 23.0 Å². The maximum Gasteiger partial charge on any atom is 0.223 e. The lowest BCUT2D eigenvalue weighted by Gasteiger charge is -2.31. The van der Waals surface area contributed by atoms with E-state index in [4.69, 9.17) is 0 Å². The predicted octanol–water partition coefficient (Wildman–Crippen LogP) is 2.78. The van der Waals surface area contributed by atoms with Crippen LogP contribution in [-0.2, 0) is 4.79 Å². The van der Waals surface area contributed by atoms with Crippen LogP contribution in [0.2, 0.25) is 0 Å². The molecule has 0 atom stereocenters. The van der Waals surface area contributed by atoms with Crippen LogP contribution in [0.25, 0.3) is 0 Å². The van der Waals surface area contributed by atoms with Crippen LogP contribution in [0.5, 0.6) is 0 Å². The number of hydrogen-bond acceptors (Lipinski definition) is 6. The molecule has 1 amide bonds. The highest BCUT2D eigenvalue weighted by Crippen LogP contribution is 2.25. The van der Waals surface area contributed by atoms with Crippen LogP contribution in [0.15, 0.2) is 36.4 Å². The van der Waals surface area contributed by atoms with Gasteiger partial charge in [0.1, 0.15) is 0 Å². The second-order valence-electron chi connectivity index (χ2n) is 7.89. The third kappa shape index (κ3) is 4.52. The molecule has 1 aliphatic heterocycles. The van der Waals surface area contributed by atoms with E-state index in [2.05, 4.69) is 42.8 Å². The first-order valence-corrected chi connectivity index (χ1v) is 10.0. The van der Waals surface area contributed by atoms with E-state index in [-0.39, 0.29) is 11.8 Å². The number of carbonyl (C=O) groups excluding carboxylic acids is 1. The molecular weight excluding hydrogens is 352 g/mol. The third-order valence-corrected chi connectivity index (χ3v) is 5.40. The van der Waals surface area contributed by atoms with Crippen molar-refractivity contribution in [1.29, 1.82) is 0 Å². The highest BCUT2D eigenvalue weighted by Gasteiger charge is 2.30. The van der Waals surface area contributed by atoms with Gasteiger partial charge in [-0.05, 0) is 56.0 Å². The summed E-state index contributed by atoms with van der Waals surface area (Å²) >= 11 is 0. The van der Waals surface area contributed by atoms with E-state index in [9.17, 15) is 4.79 Å². The summed E-state index contributed by atoms with van der Waals surface area (Å²) in [6.07, 6.45) is 4.02. The molecule has 2 N–H and O–H groups in total. The molecule has 1 saturated heterocycles. The number of amides is 1. The average molecular weight is 380 g/mol. The fourth-order valence-corrected chi connectivity index (χ4v) is 3.49.